The first kappa shape index (κ1) is 14.0. The standard InChI is InChI=1S/C15H20O4S/c1-10(2)19-14(16)9-11-8-12-13(20-11)4-3-5-15(12)17-6-7-18-15/h8,10H,3-7,9H2,1-2H3. The summed E-state index contributed by atoms with van der Waals surface area (Å²) in [5, 5.41) is 0. The zero-order valence-electron chi connectivity index (χ0n) is 11.9. The molecule has 1 aliphatic heterocycles. The number of hydrogen-bond donors (Lipinski definition) is 0. The number of thiophene rings is 1. The monoisotopic (exact) mass is 296 g/mol. The molecule has 1 aliphatic carbocycles. The summed E-state index contributed by atoms with van der Waals surface area (Å²) in [6.45, 7) is 5.04. The molecular weight excluding hydrogens is 276 g/mol. The number of ether oxygens (including phenoxy) is 3. The van der Waals surface area contributed by atoms with Crippen molar-refractivity contribution in [1.29, 1.82) is 0 Å². The molecule has 1 fully saturated rings. The van der Waals surface area contributed by atoms with Gasteiger partial charge in [0.15, 0.2) is 5.79 Å². The molecule has 0 N–H and O–H groups in total. The topological polar surface area (TPSA) is 44.8 Å². The average molecular weight is 296 g/mol. The second kappa shape index (κ2) is 5.47. The number of rotatable bonds is 3. The summed E-state index contributed by atoms with van der Waals surface area (Å²) in [7, 11) is 0. The lowest BCUT2D eigenvalue weighted by atomic mass is 9.92. The SMILES string of the molecule is CC(C)OC(=O)Cc1cc2c(s1)CCCC21OCCO1. The highest BCUT2D eigenvalue weighted by atomic mass is 32.1. The van der Waals surface area contributed by atoms with Crippen LogP contribution < -0.4 is 0 Å². The maximum absolute atomic E-state index is 11.8. The Hall–Kier alpha value is -0.910. The van der Waals surface area contributed by atoms with E-state index in [2.05, 4.69) is 6.07 Å². The van der Waals surface area contributed by atoms with E-state index in [1.807, 2.05) is 13.8 Å². The summed E-state index contributed by atoms with van der Waals surface area (Å²) in [5.74, 6) is -0.703. The van der Waals surface area contributed by atoms with Gasteiger partial charge in [-0.2, -0.15) is 0 Å². The number of fused-ring (bicyclic) bond motifs is 2. The van der Waals surface area contributed by atoms with Crippen molar-refractivity contribution in [1.82, 2.24) is 0 Å². The lowest BCUT2D eigenvalue weighted by Gasteiger charge is -2.31. The van der Waals surface area contributed by atoms with E-state index in [-0.39, 0.29) is 12.1 Å². The van der Waals surface area contributed by atoms with Gasteiger partial charge in [0.05, 0.1) is 25.7 Å². The van der Waals surface area contributed by atoms with Gasteiger partial charge in [0.2, 0.25) is 0 Å². The highest BCUT2D eigenvalue weighted by Crippen LogP contribution is 2.45. The molecule has 2 aliphatic rings. The van der Waals surface area contributed by atoms with Crippen LogP contribution in [0.25, 0.3) is 0 Å². The zero-order chi connectivity index (χ0) is 14.2. The van der Waals surface area contributed by atoms with Crippen molar-refractivity contribution in [3.8, 4) is 0 Å². The Kier molecular flexibility index (Phi) is 3.84. The second-order valence-corrected chi connectivity index (χ2v) is 6.79. The van der Waals surface area contributed by atoms with Crippen LogP contribution in [0.15, 0.2) is 6.07 Å². The molecule has 0 unspecified atom stereocenters. The number of carbonyl (C=O) groups is 1. The van der Waals surface area contributed by atoms with E-state index in [0.29, 0.717) is 19.6 Å². The maximum atomic E-state index is 11.8. The second-order valence-electron chi connectivity index (χ2n) is 5.57. The Morgan fingerprint density at radius 2 is 2.20 bits per heavy atom. The molecule has 3 rings (SSSR count). The fourth-order valence-electron chi connectivity index (χ4n) is 2.90. The lowest BCUT2D eigenvalue weighted by Crippen LogP contribution is -2.30. The van der Waals surface area contributed by atoms with Crippen LogP contribution in [-0.2, 0) is 37.6 Å². The fourth-order valence-corrected chi connectivity index (χ4v) is 4.15. The van der Waals surface area contributed by atoms with E-state index < -0.39 is 5.79 Å². The molecule has 0 atom stereocenters. The van der Waals surface area contributed by atoms with Crippen LogP contribution in [0.2, 0.25) is 0 Å². The van der Waals surface area contributed by atoms with Gasteiger partial charge in [0, 0.05) is 21.7 Å². The lowest BCUT2D eigenvalue weighted by molar-refractivity contribution is -0.175. The van der Waals surface area contributed by atoms with Crippen LogP contribution in [0.4, 0.5) is 0 Å². The van der Waals surface area contributed by atoms with Crippen molar-refractivity contribution in [3.63, 3.8) is 0 Å². The minimum atomic E-state index is -0.537. The van der Waals surface area contributed by atoms with Crippen LogP contribution in [0.5, 0.6) is 0 Å². The normalized spacial score (nSPS) is 20.4. The van der Waals surface area contributed by atoms with Crippen LogP contribution in [-0.4, -0.2) is 25.3 Å². The largest absolute Gasteiger partial charge is 0.463 e. The van der Waals surface area contributed by atoms with Crippen LogP contribution in [0.1, 0.15) is 42.0 Å². The van der Waals surface area contributed by atoms with Gasteiger partial charge in [-0.3, -0.25) is 4.79 Å². The third-order valence-electron chi connectivity index (χ3n) is 3.62. The Morgan fingerprint density at radius 3 is 2.90 bits per heavy atom. The van der Waals surface area contributed by atoms with Gasteiger partial charge < -0.3 is 14.2 Å². The maximum Gasteiger partial charge on any atom is 0.311 e. The first-order valence-corrected chi connectivity index (χ1v) is 8.00. The molecule has 0 radical (unpaired) electrons. The van der Waals surface area contributed by atoms with Gasteiger partial charge in [-0.25, -0.2) is 0 Å². The average Bonchev–Trinajstić information content (AvgIpc) is 2.96. The summed E-state index contributed by atoms with van der Waals surface area (Å²) >= 11 is 1.69. The quantitative estimate of drug-likeness (QED) is 0.805. The van der Waals surface area contributed by atoms with E-state index in [1.54, 1.807) is 11.3 Å². The molecule has 20 heavy (non-hydrogen) atoms. The van der Waals surface area contributed by atoms with Gasteiger partial charge in [0.25, 0.3) is 0 Å². The van der Waals surface area contributed by atoms with Crippen molar-refractivity contribution in [2.45, 2.75) is 51.4 Å². The number of carbonyl (C=O) groups excluding carboxylic acids is 1. The predicted molar refractivity (Wildman–Crippen MR) is 75.8 cm³/mol. The number of aryl methyl sites for hydroxylation is 1. The molecular formula is C15H20O4S. The zero-order valence-corrected chi connectivity index (χ0v) is 12.8. The molecule has 5 heteroatoms. The molecule has 0 aromatic carbocycles. The Morgan fingerprint density at radius 1 is 1.45 bits per heavy atom. The molecule has 0 amide bonds. The summed E-state index contributed by atoms with van der Waals surface area (Å²) in [6.07, 6.45) is 3.31. The Bertz CT molecular complexity index is 500. The highest BCUT2D eigenvalue weighted by molar-refractivity contribution is 7.12. The molecule has 2 heterocycles. The van der Waals surface area contributed by atoms with E-state index >= 15 is 0 Å². The van der Waals surface area contributed by atoms with Crippen LogP contribution in [0, 0.1) is 0 Å². The van der Waals surface area contributed by atoms with Crippen molar-refractivity contribution >= 4 is 17.3 Å². The number of hydrogen-bond acceptors (Lipinski definition) is 5. The van der Waals surface area contributed by atoms with Gasteiger partial charge in [-0.15, -0.1) is 11.3 Å². The summed E-state index contributed by atoms with van der Waals surface area (Å²) in [6, 6.07) is 2.08. The number of esters is 1. The third kappa shape index (κ3) is 2.62. The van der Waals surface area contributed by atoms with Crippen molar-refractivity contribution in [2.24, 2.45) is 0 Å². The molecule has 0 bridgehead atoms. The first-order chi connectivity index (χ1) is 9.59. The summed E-state index contributed by atoms with van der Waals surface area (Å²) in [4.78, 5) is 14.1. The summed E-state index contributed by atoms with van der Waals surface area (Å²) in [5.41, 5.74) is 1.14. The first-order valence-electron chi connectivity index (χ1n) is 7.18. The van der Waals surface area contributed by atoms with Crippen LogP contribution in [0.3, 0.4) is 0 Å². The Balaban J connectivity index is 1.79. The predicted octanol–water partition coefficient (Wildman–Crippen LogP) is 2.78. The third-order valence-corrected chi connectivity index (χ3v) is 4.81. The molecule has 1 spiro atoms. The van der Waals surface area contributed by atoms with E-state index in [9.17, 15) is 4.79 Å². The van der Waals surface area contributed by atoms with Crippen molar-refractivity contribution in [2.75, 3.05) is 13.2 Å². The van der Waals surface area contributed by atoms with E-state index in [0.717, 1.165) is 29.7 Å². The van der Waals surface area contributed by atoms with Crippen molar-refractivity contribution < 1.29 is 19.0 Å². The molecule has 1 aromatic heterocycles. The van der Waals surface area contributed by atoms with E-state index in [1.165, 1.54) is 4.88 Å². The van der Waals surface area contributed by atoms with Crippen molar-refractivity contribution in [3.05, 3.63) is 21.4 Å². The highest BCUT2D eigenvalue weighted by Gasteiger charge is 2.43. The Labute approximate surface area is 123 Å². The smallest absolute Gasteiger partial charge is 0.311 e. The minimum Gasteiger partial charge on any atom is -0.463 e. The molecule has 110 valence electrons. The summed E-state index contributed by atoms with van der Waals surface area (Å²) < 4.78 is 16.9. The molecule has 4 nitrogen and oxygen atoms in total. The minimum absolute atomic E-state index is 0.0649. The van der Waals surface area contributed by atoms with Gasteiger partial charge in [-0.05, 0) is 32.8 Å². The molecule has 0 saturated carbocycles. The molecule has 1 saturated heterocycles. The van der Waals surface area contributed by atoms with Gasteiger partial charge >= 0.3 is 5.97 Å². The molecule has 1 aromatic rings. The van der Waals surface area contributed by atoms with Crippen LogP contribution >= 0.6 is 11.3 Å². The fraction of sp³-hybridized carbons (Fsp3) is 0.667. The van der Waals surface area contributed by atoms with Gasteiger partial charge in [0.1, 0.15) is 0 Å². The van der Waals surface area contributed by atoms with Gasteiger partial charge in [-0.1, -0.05) is 0 Å². The van der Waals surface area contributed by atoms with E-state index in [4.69, 9.17) is 14.2 Å².